The molecule has 2 rings (SSSR count). The number of ether oxygens (including phenoxy) is 1. The summed E-state index contributed by atoms with van der Waals surface area (Å²) in [5, 5.41) is 0.657. The van der Waals surface area contributed by atoms with Crippen molar-refractivity contribution in [1.29, 1.82) is 0 Å². The van der Waals surface area contributed by atoms with Gasteiger partial charge >= 0.3 is 0 Å². The molecule has 0 N–H and O–H groups in total. The van der Waals surface area contributed by atoms with Crippen LogP contribution in [-0.4, -0.2) is 39.6 Å². The van der Waals surface area contributed by atoms with E-state index in [2.05, 4.69) is 4.90 Å². The Morgan fingerprint density at radius 2 is 2.21 bits per heavy atom. The van der Waals surface area contributed by atoms with Gasteiger partial charge in [-0.25, -0.2) is 8.42 Å². The lowest BCUT2D eigenvalue weighted by Gasteiger charge is -2.35. The van der Waals surface area contributed by atoms with E-state index in [1.165, 1.54) is 6.26 Å². The van der Waals surface area contributed by atoms with Crippen LogP contribution >= 0.6 is 11.6 Å². The Morgan fingerprint density at radius 1 is 1.47 bits per heavy atom. The lowest BCUT2D eigenvalue weighted by atomic mass is 10.2. The normalized spacial score (nSPS) is 18.9. The quantitative estimate of drug-likeness (QED) is 0.857. The van der Waals surface area contributed by atoms with E-state index in [-0.39, 0.29) is 11.9 Å². The number of fused-ring (bicyclic) bond motifs is 1. The fourth-order valence-electron chi connectivity index (χ4n) is 2.23. The van der Waals surface area contributed by atoms with Crippen molar-refractivity contribution >= 4 is 27.1 Å². The third-order valence-electron chi connectivity index (χ3n) is 3.01. The molecule has 0 aliphatic carbocycles. The van der Waals surface area contributed by atoms with Crippen molar-refractivity contribution in [2.75, 3.05) is 30.0 Å². The highest BCUT2D eigenvalue weighted by molar-refractivity contribution is 7.90. The molecule has 0 amide bonds. The van der Waals surface area contributed by atoms with E-state index in [0.29, 0.717) is 18.0 Å². The molecule has 6 heteroatoms. The highest BCUT2D eigenvalue weighted by Crippen LogP contribution is 2.35. The van der Waals surface area contributed by atoms with Crippen LogP contribution in [0, 0.1) is 0 Å². The molecular weight excluding hydrogens is 286 g/mol. The van der Waals surface area contributed by atoms with Crippen molar-refractivity contribution in [3.63, 3.8) is 0 Å². The SMILES string of the molecule is CC1CN(CCCS(C)(=O)=O)c2cc(Cl)ccc2O1. The van der Waals surface area contributed by atoms with Crippen molar-refractivity contribution in [3.8, 4) is 5.75 Å². The highest BCUT2D eigenvalue weighted by atomic mass is 35.5. The minimum absolute atomic E-state index is 0.0897. The van der Waals surface area contributed by atoms with Gasteiger partial charge in [0.05, 0.1) is 18.0 Å². The average Bonchev–Trinajstić information content (AvgIpc) is 2.28. The van der Waals surface area contributed by atoms with Gasteiger partial charge in [-0.05, 0) is 31.5 Å². The van der Waals surface area contributed by atoms with Crippen LogP contribution in [0.2, 0.25) is 5.02 Å². The fourth-order valence-corrected chi connectivity index (χ4v) is 3.05. The minimum Gasteiger partial charge on any atom is -0.487 e. The summed E-state index contributed by atoms with van der Waals surface area (Å²) in [4.78, 5) is 2.14. The largest absolute Gasteiger partial charge is 0.487 e. The van der Waals surface area contributed by atoms with E-state index in [1.54, 1.807) is 6.07 Å². The number of hydrogen-bond donors (Lipinski definition) is 0. The van der Waals surface area contributed by atoms with Gasteiger partial charge in [-0.1, -0.05) is 11.6 Å². The van der Waals surface area contributed by atoms with Crippen molar-refractivity contribution < 1.29 is 13.2 Å². The van der Waals surface area contributed by atoms with E-state index in [4.69, 9.17) is 16.3 Å². The topological polar surface area (TPSA) is 46.6 Å². The molecule has 0 spiro atoms. The lowest BCUT2D eigenvalue weighted by molar-refractivity contribution is 0.212. The van der Waals surface area contributed by atoms with Crippen LogP contribution in [0.5, 0.6) is 5.75 Å². The monoisotopic (exact) mass is 303 g/mol. The molecule has 0 bridgehead atoms. The average molecular weight is 304 g/mol. The van der Waals surface area contributed by atoms with Crippen molar-refractivity contribution in [2.45, 2.75) is 19.4 Å². The summed E-state index contributed by atoms with van der Waals surface area (Å²) in [6, 6.07) is 5.52. The van der Waals surface area contributed by atoms with Crippen LogP contribution in [0.25, 0.3) is 0 Å². The van der Waals surface area contributed by atoms with Crippen molar-refractivity contribution in [1.82, 2.24) is 0 Å². The highest BCUT2D eigenvalue weighted by Gasteiger charge is 2.23. The molecule has 0 saturated heterocycles. The number of sulfone groups is 1. The Morgan fingerprint density at radius 3 is 2.89 bits per heavy atom. The zero-order chi connectivity index (χ0) is 14.0. The fraction of sp³-hybridized carbons (Fsp3) is 0.538. The Labute approximate surface area is 119 Å². The third kappa shape index (κ3) is 4.01. The molecule has 106 valence electrons. The Balaban J connectivity index is 2.11. The molecule has 1 aliphatic heterocycles. The molecule has 1 heterocycles. The number of hydrogen-bond acceptors (Lipinski definition) is 4. The smallest absolute Gasteiger partial charge is 0.147 e. The van der Waals surface area contributed by atoms with Gasteiger partial charge in [-0.3, -0.25) is 0 Å². The van der Waals surface area contributed by atoms with E-state index in [0.717, 1.165) is 18.0 Å². The lowest BCUT2D eigenvalue weighted by Crippen LogP contribution is -2.39. The third-order valence-corrected chi connectivity index (χ3v) is 4.28. The first-order valence-electron chi connectivity index (χ1n) is 6.24. The number of halogens is 1. The van der Waals surface area contributed by atoms with E-state index < -0.39 is 9.84 Å². The second-order valence-electron chi connectivity index (χ2n) is 4.97. The Hall–Kier alpha value is -0.940. The van der Waals surface area contributed by atoms with Gasteiger partial charge in [0.1, 0.15) is 21.7 Å². The van der Waals surface area contributed by atoms with Crippen LogP contribution in [0.15, 0.2) is 18.2 Å². The second-order valence-corrected chi connectivity index (χ2v) is 7.67. The molecule has 1 aromatic carbocycles. The predicted octanol–water partition coefficient (Wildman–Crippen LogP) is 2.36. The van der Waals surface area contributed by atoms with Crippen molar-refractivity contribution in [3.05, 3.63) is 23.2 Å². The molecule has 1 aromatic rings. The molecule has 1 aliphatic rings. The van der Waals surface area contributed by atoms with Gasteiger partial charge in [0.15, 0.2) is 0 Å². The molecule has 0 aromatic heterocycles. The van der Waals surface area contributed by atoms with Crippen LogP contribution in [0.1, 0.15) is 13.3 Å². The molecule has 0 radical (unpaired) electrons. The summed E-state index contributed by atoms with van der Waals surface area (Å²) in [7, 11) is -2.91. The first-order chi connectivity index (χ1) is 8.85. The Kier molecular flexibility index (Phi) is 4.26. The molecule has 1 unspecified atom stereocenters. The summed E-state index contributed by atoms with van der Waals surface area (Å²) < 4.78 is 28.1. The van der Waals surface area contributed by atoms with E-state index in [9.17, 15) is 8.42 Å². The second kappa shape index (κ2) is 5.59. The van der Waals surface area contributed by atoms with Gasteiger partial charge in [0.25, 0.3) is 0 Å². The summed E-state index contributed by atoms with van der Waals surface area (Å²) in [6.07, 6.45) is 1.96. The number of rotatable bonds is 4. The summed E-state index contributed by atoms with van der Waals surface area (Å²) in [5.74, 6) is 1.01. The zero-order valence-corrected chi connectivity index (χ0v) is 12.7. The van der Waals surface area contributed by atoms with Crippen LogP contribution in [0.3, 0.4) is 0 Å². The van der Waals surface area contributed by atoms with E-state index >= 15 is 0 Å². The maximum Gasteiger partial charge on any atom is 0.147 e. The number of nitrogens with zero attached hydrogens (tertiary/aromatic N) is 1. The zero-order valence-electron chi connectivity index (χ0n) is 11.1. The van der Waals surface area contributed by atoms with Gasteiger partial charge in [-0.2, -0.15) is 0 Å². The molecule has 0 saturated carbocycles. The van der Waals surface area contributed by atoms with Gasteiger partial charge in [0, 0.05) is 17.8 Å². The van der Waals surface area contributed by atoms with Crippen LogP contribution in [-0.2, 0) is 9.84 Å². The Bertz CT molecular complexity index is 559. The molecule has 4 nitrogen and oxygen atoms in total. The molecule has 19 heavy (non-hydrogen) atoms. The maximum atomic E-state index is 11.2. The summed E-state index contributed by atoms with van der Waals surface area (Å²) >= 11 is 6.01. The first kappa shape index (κ1) is 14.5. The van der Waals surface area contributed by atoms with Crippen molar-refractivity contribution in [2.24, 2.45) is 0 Å². The molecule has 1 atom stereocenters. The minimum atomic E-state index is -2.91. The number of benzene rings is 1. The molecule has 0 fully saturated rings. The summed E-state index contributed by atoms with van der Waals surface area (Å²) in [5.41, 5.74) is 0.944. The van der Waals surface area contributed by atoms with Gasteiger partial charge in [0.2, 0.25) is 0 Å². The number of anilines is 1. The van der Waals surface area contributed by atoms with E-state index in [1.807, 2.05) is 19.1 Å². The first-order valence-corrected chi connectivity index (χ1v) is 8.68. The van der Waals surface area contributed by atoms with Gasteiger partial charge < -0.3 is 9.64 Å². The maximum absolute atomic E-state index is 11.2. The van der Waals surface area contributed by atoms with Crippen LogP contribution < -0.4 is 9.64 Å². The predicted molar refractivity (Wildman–Crippen MR) is 78.1 cm³/mol. The summed E-state index contributed by atoms with van der Waals surface area (Å²) in [6.45, 7) is 3.44. The van der Waals surface area contributed by atoms with Gasteiger partial charge in [-0.15, -0.1) is 0 Å². The van der Waals surface area contributed by atoms with Crippen LogP contribution in [0.4, 0.5) is 5.69 Å². The molecular formula is C13H18ClNO3S. The standard InChI is InChI=1S/C13H18ClNO3S/c1-10-9-15(6-3-7-19(2,16)17)12-8-11(14)4-5-13(12)18-10/h4-5,8,10H,3,6-7,9H2,1-2H3.